The number of amides is 1. The molecule has 1 atom stereocenters. The summed E-state index contributed by atoms with van der Waals surface area (Å²) in [6, 6.07) is 16.9. The van der Waals surface area contributed by atoms with Crippen molar-refractivity contribution in [1.29, 1.82) is 0 Å². The average molecular weight is 413 g/mol. The molecule has 0 aliphatic rings. The maximum Gasteiger partial charge on any atom is 0.337 e. The molecule has 0 saturated carbocycles. The van der Waals surface area contributed by atoms with Crippen LogP contribution < -0.4 is 10.2 Å². The Hall–Kier alpha value is -3.58. The van der Waals surface area contributed by atoms with Crippen LogP contribution in [0.3, 0.4) is 0 Å². The number of nitrogens with one attached hydrogen (secondary N) is 1. The van der Waals surface area contributed by atoms with Gasteiger partial charge in [-0.15, -0.1) is 0 Å². The van der Waals surface area contributed by atoms with Crippen molar-refractivity contribution in [2.45, 2.75) is 13.0 Å². The number of benzene rings is 2. The molecule has 1 heterocycles. The standard InChI is InChI=1S/C21H17ClN2O5/c1-13(28-15-5-3-2-4-6-15)20(25)24-23-12-16-8-10-19(29-16)14-7-9-18(22)17(11-14)21(26)27/h2-13H,1H3,(H,24,25)(H,26,27)/b23-12-/t13-/m1/s1. The molecule has 7 nitrogen and oxygen atoms in total. The van der Waals surface area contributed by atoms with Crippen molar-refractivity contribution >= 4 is 29.7 Å². The first-order valence-corrected chi connectivity index (χ1v) is 8.99. The van der Waals surface area contributed by atoms with Gasteiger partial charge in [-0.3, -0.25) is 4.79 Å². The number of furan rings is 1. The van der Waals surface area contributed by atoms with E-state index in [-0.39, 0.29) is 10.6 Å². The fourth-order valence-corrected chi connectivity index (χ4v) is 2.63. The minimum atomic E-state index is -1.13. The third kappa shape index (κ3) is 5.24. The predicted octanol–water partition coefficient (Wildman–Crippen LogP) is 4.22. The van der Waals surface area contributed by atoms with Gasteiger partial charge in [0, 0.05) is 5.56 Å². The Morgan fingerprint density at radius 1 is 1.17 bits per heavy atom. The summed E-state index contributed by atoms with van der Waals surface area (Å²) in [5.74, 6) is -0.139. The van der Waals surface area contributed by atoms with Crippen LogP contribution in [0.25, 0.3) is 11.3 Å². The molecule has 0 bridgehead atoms. The molecule has 1 amide bonds. The minimum Gasteiger partial charge on any atom is -0.481 e. The van der Waals surface area contributed by atoms with Gasteiger partial charge in [0.25, 0.3) is 5.91 Å². The summed E-state index contributed by atoms with van der Waals surface area (Å²) >= 11 is 5.88. The summed E-state index contributed by atoms with van der Waals surface area (Å²) in [5, 5.41) is 13.2. The van der Waals surface area contributed by atoms with Crippen molar-refractivity contribution in [3.8, 4) is 17.1 Å². The highest BCUT2D eigenvalue weighted by Gasteiger charge is 2.14. The van der Waals surface area contributed by atoms with Crippen molar-refractivity contribution in [1.82, 2.24) is 5.43 Å². The zero-order valence-electron chi connectivity index (χ0n) is 15.3. The molecule has 8 heteroatoms. The van der Waals surface area contributed by atoms with E-state index < -0.39 is 18.0 Å². The van der Waals surface area contributed by atoms with E-state index in [1.54, 1.807) is 37.3 Å². The smallest absolute Gasteiger partial charge is 0.337 e. The molecule has 2 aromatic carbocycles. The van der Waals surface area contributed by atoms with Crippen LogP contribution in [-0.2, 0) is 4.79 Å². The normalized spacial score (nSPS) is 11.9. The number of hydrogen-bond acceptors (Lipinski definition) is 5. The van der Waals surface area contributed by atoms with Crippen molar-refractivity contribution < 1.29 is 23.8 Å². The number of aromatic carboxylic acids is 1. The van der Waals surface area contributed by atoms with E-state index >= 15 is 0 Å². The first-order chi connectivity index (χ1) is 13.9. The molecule has 29 heavy (non-hydrogen) atoms. The molecular weight excluding hydrogens is 396 g/mol. The lowest BCUT2D eigenvalue weighted by Gasteiger charge is -2.12. The number of hydrogen-bond donors (Lipinski definition) is 2. The molecule has 2 N–H and O–H groups in total. The number of carboxylic acid groups (broad SMARTS) is 1. The Bertz CT molecular complexity index is 1050. The van der Waals surface area contributed by atoms with Crippen molar-refractivity contribution in [2.75, 3.05) is 0 Å². The summed E-state index contributed by atoms with van der Waals surface area (Å²) in [6.07, 6.45) is 0.607. The summed E-state index contributed by atoms with van der Waals surface area (Å²) in [5.41, 5.74) is 2.92. The van der Waals surface area contributed by atoms with E-state index in [1.165, 1.54) is 18.3 Å². The van der Waals surface area contributed by atoms with E-state index in [1.807, 2.05) is 18.2 Å². The molecule has 3 aromatic rings. The molecule has 0 spiro atoms. The van der Waals surface area contributed by atoms with Crippen LogP contribution >= 0.6 is 11.6 Å². The van der Waals surface area contributed by atoms with Gasteiger partial charge < -0.3 is 14.3 Å². The monoisotopic (exact) mass is 412 g/mol. The van der Waals surface area contributed by atoms with Crippen LogP contribution in [0, 0.1) is 0 Å². The highest BCUT2D eigenvalue weighted by Crippen LogP contribution is 2.26. The van der Waals surface area contributed by atoms with E-state index in [9.17, 15) is 9.59 Å². The Morgan fingerprint density at radius 2 is 1.93 bits per heavy atom. The zero-order chi connectivity index (χ0) is 20.8. The van der Waals surface area contributed by atoms with E-state index in [0.29, 0.717) is 22.8 Å². The second-order valence-corrected chi connectivity index (χ2v) is 6.42. The van der Waals surface area contributed by atoms with Crippen LogP contribution in [0.15, 0.2) is 70.2 Å². The molecule has 0 aliphatic heterocycles. The molecule has 0 saturated heterocycles. The first-order valence-electron chi connectivity index (χ1n) is 8.61. The number of nitrogens with zero attached hydrogens (tertiary/aromatic N) is 1. The van der Waals surface area contributed by atoms with Crippen molar-refractivity contribution in [2.24, 2.45) is 5.10 Å². The summed E-state index contributed by atoms with van der Waals surface area (Å²) in [6.45, 7) is 1.61. The van der Waals surface area contributed by atoms with Gasteiger partial charge in [-0.05, 0) is 49.4 Å². The summed E-state index contributed by atoms with van der Waals surface area (Å²) < 4.78 is 11.1. The average Bonchev–Trinajstić information content (AvgIpc) is 3.17. The minimum absolute atomic E-state index is 0.0181. The summed E-state index contributed by atoms with van der Waals surface area (Å²) in [7, 11) is 0. The van der Waals surface area contributed by atoms with Crippen LogP contribution in [0.1, 0.15) is 23.0 Å². The Morgan fingerprint density at radius 3 is 2.66 bits per heavy atom. The number of ether oxygens (including phenoxy) is 1. The number of para-hydroxylation sites is 1. The molecule has 3 rings (SSSR count). The third-order valence-electron chi connectivity index (χ3n) is 3.90. The fourth-order valence-electron chi connectivity index (χ4n) is 2.43. The molecular formula is C21H17ClN2O5. The summed E-state index contributed by atoms with van der Waals surface area (Å²) in [4.78, 5) is 23.2. The lowest BCUT2D eigenvalue weighted by atomic mass is 10.1. The van der Waals surface area contributed by atoms with Crippen LogP contribution in [0.4, 0.5) is 0 Å². The van der Waals surface area contributed by atoms with Crippen molar-refractivity contribution in [3.05, 3.63) is 77.0 Å². The maximum absolute atomic E-state index is 12.0. The lowest BCUT2D eigenvalue weighted by molar-refractivity contribution is -0.127. The number of halogens is 1. The zero-order valence-corrected chi connectivity index (χ0v) is 16.1. The van der Waals surface area contributed by atoms with Gasteiger partial charge in [0.15, 0.2) is 6.10 Å². The van der Waals surface area contributed by atoms with Gasteiger partial charge in [-0.2, -0.15) is 5.10 Å². The van der Waals surface area contributed by atoms with Gasteiger partial charge in [0.05, 0.1) is 16.8 Å². The molecule has 0 unspecified atom stereocenters. The number of carbonyl (C=O) groups excluding carboxylic acids is 1. The van der Waals surface area contributed by atoms with Crippen LogP contribution in [0.5, 0.6) is 5.75 Å². The number of hydrazone groups is 1. The number of carboxylic acids is 1. The maximum atomic E-state index is 12.0. The molecule has 0 fully saturated rings. The Balaban J connectivity index is 1.61. The second-order valence-electron chi connectivity index (χ2n) is 6.01. The SMILES string of the molecule is C[C@@H](Oc1ccccc1)C(=O)N/N=C\c1ccc(-c2ccc(Cl)c(C(=O)O)c2)o1. The van der Waals surface area contributed by atoms with Gasteiger partial charge in [0.2, 0.25) is 0 Å². The third-order valence-corrected chi connectivity index (χ3v) is 4.23. The number of rotatable bonds is 7. The number of carbonyl (C=O) groups is 2. The highest BCUT2D eigenvalue weighted by molar-refractivity contribution is 6.33. The van der Waals surface area contributed by atoms with Crippen LogP contribution in [-0.4, -0.2) is 29.3 Å². The van der Waals surface area contributed by atoms with E-state index in [0.717, 1.165) is 0 Å². The topological polar surface area (TPSA) is 101 Å². The molecule has 1 aromatic heterocycles. The van der Waals surface area contributed by atoms with Gasteiger partial charge in [-0.1, -0.05) is 29.8 Å². The second kappa shape index (κ2) is 9.07. The van der Waals surface area contributed by atoms with Crippen molar-refractivity contribution in [3.63, 3.8) is 0 Å². The van der Waals surface area contributed by atoms with Gasteiger partial charge in [0.1, 0.15) is 17.3 Å². The van der Waals surface area contributed by atoms with Gasteiger partial charge in [-0.25, -0.2) is 10.2 Å². The quantitative estimate of drug-likeness (QED) is 0.447. The van der Waals surface area contributed by atoms with Gasteiger partial charge >= 0.3 is 5.97 Å². The van der Waals surface area contributed by atoms with E-state index in [2.05, 4.69) is 10.5 Å². The first kappa shape index (κ1) is 20.2. The van der Waals surface area contributed by atoms with Crippen LogP contribution in [0.2, 0.25) is 5.02 Å². The largest absolute Gasteiger partial charge is 0.481 e. The van der Waals surface area contributed by atoms with E-state index in [4.69, 9.17) is 25.9 Å². The molecule has 0 aliphatic carbocycles. The Kier molecular flexibility index (Phi) is 6.31. The fraction of sp³-hybridized carbons (Fsp3) is 0.0952. The Labute approximate surface area is 171 Å². The lowest BCUT2D eigenvalue weighted by Crippen LogP contribution is -2.33. The molecule has 148 valence electrons. The predicted molar refractivity (Wildman–Crippen MR) is 108 cm³/mol. The molecule has 0 radical (unpaired) electrons. The highest BCUT2D eigenvalue weighted by atomic mass is 35.5.